The maximum Gasteiger partial charge on any atom is 0.349 e. The van der Waals surface area contributed by atoms with Crippen LogP contribution in [0.1, 0.15) is 34.3 Å². The minimum absolute atomic E-state index is 0.297. The standard InChI is InChI=1S/C12H18O4S/c1-3-5-9-8-10(11(17-9)12(13)14)16-7-4-6-15-2/h8H,3-7H2,1-2H3,(H,13,14). The van der Waals surface area contributed by atoms with Crippen molar-refractivity contribution in [3.05, 3.63) is 15.8 Å². The van der Waals surface area contributed by atoms with Crippen LogP contribution in [-0.2, 0) is 11.2 Å². The Bertz CT molecular complexity index is 359. The van der Waals surface area contributed by atoms with Gasteiger partial charge in [-0.25, -0.2) is 4.79 Å². The fourth-order valence-electron chi connectivity index (χ4n) is 1.43. The fourth-order valence-corrected chi connectivity index (χ4v) is 2.47. The lowest BCUT2D eigenvalue weighted by atomic mass is 10.3. The van der Waals surface area contributed by atoms with E-state index < -0.39 is 5.97 Å². The van der Waals surface area contributed by atoms with E-state index in [1.165, 1.54) is 11.3 Å². The van der Waals surface area contributed by atoms with Crippen molar-refractivity contribution in [3.8, 4) is 5.75 Å². The lowest BCUT2D eigenvalue weighted by molar-refractivity contribution is 0.0697. The predicted octanol–water partition coefficient (Wildman–Crippen LogP) is 2.81. The van der Waals surface area contributed by atoms with Crippen LogP contribution in [0.3, 0.4) is 0 Å². The molecule has 0 unspecified atom stereocenters. The maximum absolute atomic E-state index is 11.0. The molecule has 1 N–H and O–H groups in total. The summed E-state index contributed by atoms with van der Waals surface area (Å²) in [4.78, 5) is 12.4. The molecule has 0 aliphatic heterocycles. The molecule has 1 aromatic rings. The summed E-state index contributed by atoms with van der Waals surface area (Å²) in [6.07, 6.45) is 2.66. The van der Waals surface area contributed by atoms with E-state index in [1.807, 2.05) is 6.07 Å². The molecule has 0 saturated carbocycles. The molecule has 1 heterocycles. The van der Waals surface area contributed by atoms with E-state index in [-0.39, 0.29) is 0 Å². The summed E-state index contributed by atoms with van der Waals surface area (Å²) in [5.74, 6) is -0.429. The van der Waals surface area contributed by atoms with Crippen LogP contribution in [-0.4, -0.2) is 31.4 Å². The van der Waals surface area contributed by atoms with Gasteiger partial charge in [-0.15, -0.1) is 11.3 Å². The quantitative estimate of drug-likeness (QED) is 0.728. The van der Waals surface area contributed by atoms with Crippen LogP contribution in [0.5, 0.6) is 5.75 Å². The van der Waals surface area contributed by atoms with Crippen LogP contribution in [0.2, 0.25) is 0 Å². The van der Waals surface area contributed by atoms with Crippen LogP contribution in [0.25, 0.3) is 0 Å². The number of hydrogen-bond donors (Lipinski definition) is 1. The molecule has 4 nitrogen and oxygen atoms in total. The largest absolute Gasteiger partial charge is 0.492 e. The van der Waals surface area contributed by atoms with E-state index in [0.29, 0.717) is 23.8 Å². The second-order valence-corrected chi connectivity index (χ2v) is 4.79. The van der Waals surface area contributed by atoms with Gasteiger partial charge in [-0.2, -0.15) is 0 Å². The zero-order valence-electron chi connectivity index (χ0n) is 10.2. The monoisotopic (exact) mass is 258 g/mol. The van der Waals surface area contributed by atoms with Gasteiger partial charge < -0.3 is 14.6 Å². The van der Waals surface area contributed by atoms with Gasteiger partial charge in [0.2, 0.25) is 0 Å². The summed E-state index contributed by atoms with van der Waals surface area (Å²) in [5, 5.41) is 9.06. The second kappa shape index (κ2) is 7.29. The number of thiophene rings is 1. The van der Waals surface area contributed by atoms with Gasteiger partial charge in [0.25, 0.3) is 0 Å². The lowest BCUT2D eigenvalue weighted by Gasteiger charge is -2.04. The number of aromatic carboxylic acids is 1. The summed E-state index contributed by atoms with van der Waals surface area (Å²) in [5.41, 5.74) is 0. The van der Waals surface area contributed by atoms with Crippen molar-refractivity contribution in [2.24, 2.45) is 0 Å². The topological polar surface area (TPSA) is 55.8 Å². The number of rotatable bonds is 8. The molecular formula is C12H18O4S. The minimum atomic E-state index is -0.918. The summed E-state index contributed by atoms with van der Waals surface area (Å²) >= 11 is 1.30. The number of carboxylic acid groups (broad SMARTS) is 1. The molecule has 96 valence electrons. The molecule has 0 radical (unpaired) electrons. The Kier molecular flexibility index (Phi) is 6.00. The zero-order valence-corrected chi connectivity index (χ0v) is 11.0. The first-order valence-electron chi connectivity index (χ1n) is 5.66. The van der Waals surface area contributed by atoms with E-state index >= 15 is 0 Å². The highest BCUT2D eigenvalue weighted by atomic mass is 32.1. The van der Waals surface area contributed by atoms with Crippen molar-refractivity contribution in [2.75, 3.05) is 20.3 Å². The molecule has 0 spiro atoms. The molecule has 0 atom stereocenters. The minimum Gasteiger partial charge on any atom is -0.492 e. The van der Waals surface area contributed by atoms with Crippen molar-refractivity contribution in [2.45, 2.75) is 26.2 Å². The van der Waals surface area contributed by atoms with Gasteiger partial charge in [-0.1, -0.05) is 13.3 Å². The SMILES string of the molecule is CCCc1cc(OCCCOC)c(C(=O)O)s1. The molecule has 0 bridgehead atoms. The lowest BCUT2D eigenvalue weighted by Crippen LogP contribution is -2.03. The average Bonchev–Trinajstić information content (AvgIpc) is 2.68. The van der Waals surface area contributed by atoms with Crippen molar-refractivity contribution >= 4 is 17.3 Å². The molecule has 0 aliphatic carbocycles. The Balaban J connectivity index is 2.64. The Morgan fingerprint density at radius 3 is 2.82 bits per heavy atom. The number of carbonyl (C=O) groups is 1. The van der Waals surface area contributed by atoms with E-state index in [2.05, 4.69) is 6.92 Å². The molecule has 1 aromatic heterocycles. The first-order chi connectivity index (χ1) is 8.19. The Labute approximate surface area is 105 Å². The molecule has 0 aliphatic rings. The molecule has 1 rings (SSSR count). The molecule has 0 aromatic carbocycles. The molecule has 5 heteroatoms. The highest BCUT2D eigenvalue weighted by Gasteiger charge is 2.16. The van der Waals surface area contributed by atoms with Crippen molar-refractivity contribution in [1.82, 2.24) is 0 Å². The van der Waals surface area contributed by atoms with E-state index in [0.717, 1.165) is 24.1 Å². The van der Waals surface area contributed by atoms with Crippen LogP contribution in [0, 0.1) is 0 Å². The van der Waals surface area contributed by atoms with E-state index in [1.54, 1.807) is 7.11 Å². The number of methoxy groups -OCH3 is 1. The van der Waals surface area contributed by atoms with Crippen LogP contribution in [0.15, 0.2) is 6.07 Å². The Morgan fingerprint density at radius 2 is 2.24 bits per heavy atom. The van der Waals surface area contributed by atoms with Crippen molar-refractivity contribution < 1.29 is 19.4 Å². The maximum atomic E-state index is 11.0. The smallest absolute Gasteiger partial charge is 0.349 e. The highest BCUT2D eigenvalue weighted by Crippen LogP contribution is 2.30. The van der Waals surface area contributed by atoms with Crippen molar-refractivity contribution in [1.29, 1.82) is 0 Å². The summed E-state index contributed by atoms with van der Waals surface area (Å²) in [6.45, 7) is 3.17. The average molecular weight is 258 g/mol. The summed E-state index contributed by atoms with van der Waals surface area (Å²) in [6, 6.07) is 1.84. The first kappa shape index (κ1) is 14.0. The van der Waals surface area contributed by atoms with Gasteiger partial charge in [-0.3, -0.25) is 0 Å². The normalized spacial score (nSPS) is 10.5. The van der Waals surface area contributed by atoms with Gasteiger partial charge >= 0.3 is 5.97 Å². The van der Waals surface area contributed by atoms with Crippen LogP contribution in [0.4, 0.5) is 0 Å². The van der Waals surface area contributed by atoms with Crippen molar-refractivity contribution in [3.63, 3.8) is 0 Å². The highest BCUT2D eigenvalue weighted by molar-refractivity contribution is 7.14. The molecule has 17 heavy (non-hydrogen) atoms. The number of aryl methyl sites for hydroxylation is 1. The number of ether oxygens (including phenoxy) is 2. The third-order valence-electron chi connectivity index (χ3n) is 2.19. The Morgan fingerprint density at radius 1 is 1.47 bits per heavy atom. The van der Waals surface area contributed by atoms with Gasteiger partial charge in [0.15, 0.2) is 4.88 Å². The van der Waals surface area contributed by atoms with E-state index in [9.17, 15) is 4.79 Å². The van der Waals surface area contributed by atoms with Gasteiger partial charge in [0.05, 0.1) is 6.61 Å². The van der Waals surface area contributed by atoms with Gasteiger partial charge in [0.1, 0.15) is 5.75 Å². The summed E-state index contributed by atoms with van der Waals surface area (Å²) < 4.78 is 10.4. The molecule has 0 saturated heterocycles. The first-order valence-corrected chi connectivity index (χ1v) is 6.48. The molecular weight excluding hydrogens is 240 g/mol. The third kappa shape index (κ3) is 4.36. The van der Waals surface area contributed by atoms with Crippen LogP contribution >= 0.6 is 11.3 Å². The second-order valence-electron chi connectivity index (χ2n) is 3.66. The predicted molar refractivity (Wildman–Crippen MR) is 67.3 cm³/mol. The molecule has 0 amide bonds. The Hall–Kier alpha value is -1.07. The van der Waals surface area contributed by atoms with E-state index in [4.69, 9.17) is 14.6 Å². The number of hydrogen-bond acceptors (Lipinski definition) is 4. The number of carboxylic acids is 1. The fraction of sp³-hybridized carbons (Fsp3) is 0.583. The third-order valence-corrected chi connectivity index (χ3v) is 3.35. The zero-order chi connectivity index (χ0) is 12.7. The summed E-state index contributed by atoms with van der Waals surface area (Å²) in [7, 11) is 1.63. The van der Waals surface area contributed by atoms with Gasteiger partial charge in [-0.05, 0) is 12.5 Å². The van der Waals surface area contributed by atoms with Gasteiger partial charge in [0, 0.05) is 25.0 Å². The van der Waals surface area contributed by atoms with Crippen LogP contribution < -0.4 is 4.74 Å². The molecule has 0 fully saturated rings.